The second kappa shape index (κ2) is 5.55. The number of fused-ring (bicyclic) bond motifs is 1. The highest BCUT2D eigenvalue weighted by molar-refractivity contribution is 6.40. The van der Waals surface area contributed by atoms with E-state index in [0.717, 1.165) is 12.8 Å². The predicted octanol–water partition coefficient (Wildman–Crippen LogP) is 2.80. The Balaban J connectivity index is 2.18. The van der Waals surface area contributed by atoms with Crippen molar-refractivity contribution in [1.29, 1.82) is 0 Å². The summed E-state index contributed by atoms with van der Waals surface area (Å²) in [6, 6.07) is 5.57. The van der Waals surface area contributed by atoms with E-state index < -0.39 is 11.8 Å². The molecule has 2 rings (SSSR count). The first kappa shape index (κ1) is 13.8. The van der Waals surface area contributed by atoms with Crippen molar-refractivity contribution in [1.82, 2.24) is 0 Å². The molecule has 0 fully saturated rings. The van der Waals surface area contributed by atoms with Gasteiger partial charge in [-0.05, 0) is 48.8 Å². The first-order chi connectivity index (χ1) is 9.02. The van der Waals surface area contributed by atoms with Gasteiger partial charge in [0.25, 0.3) is 5.78 Å². The molecule has 1 aliphatic rings. The third kappa shape index (κ3) is 2.86. The van der Waals surface area contributed by atoms with E-state index in [1.54, 1.807) is 13.0 Å². The van der Waals surface area contributed by atoms with Crippen molar-refractivity contribution < 1.29 is 14.3 Å². The summed E-state index contributed by atoms with van der Waals surface area (Å²) in [7, 11) is 0. The molecule has 19 heavy (non-hydrogen) atoms. The van der Waals surface area contributed by atoms with Gasteiger partial charge in [-0.1, -0.05) is 26.0 Å². The Labute approximate surface area is 114 Å². The van der Waals surface area contributed by atoms with Crippen LogP contribution in [-0.2, 0) is 22.4 Å². The molecule has 0 saturated heterocycles. The van der Waals surface area contributed by atoms with E-state index in [9.17, 15) is 9.59 Å². The fourth-order valence-electron chi connectivity index (χ4n) is 2.58. The van der Waals surface area contributed by atoms with E-state index in [1.807, 2.05) is 12.1 Å². The van der Waals surface area contributed by atoms with Crippen LogP contribution < -0.4 is 0 Å². The van der Waals surface area contributed by atoms with Gasteiger partial charge in [0.05, 0.1) is 6.61 Å². The molecule has 0 amide bonds. The molecular weight excluding hydrogens is 240 g/mol. The maximum atomic E-state index is 11.9. The number of carbonyl (C=O) groups excluding carboxylic acids is 2. The van der Waals surface area contributed by atoms with Gasteiger partial charge in [-0.25, -0.2) is 4.79 Å². The minimum absolute atomic E-state index is 0.227. The number of carbonyl (C=O) groups is 2. The Bertz CT molecular complexity index is 503. The van der Waals surface area contributed by atoms with E-state index >= 15 is 0 Å². The number of ether oxygens (including phenoxy) is 1. The third-order valence-electron chi connectivity index (χ3n) is 3.84. The molecule has 0 aliphatic heterocycles. The Morgan fingerprint density at radius 1 is 1.26 bits per heavy atom. The van der Waals surface area contributed by atoms with Gasteiger partial charge in [-0.2, -0.15) is 0 Å². The Morgan fingerprint density at radius 2 is 1.95 bits per heavy atom. The molecule has 0 unspecified atom stereocenters. The largest absolute Gasteiger partial charge is 0.460 e. The highest BCUT2D eigenvalue weighted by atomic mass is 16.5. The van der Waals surface area contributed by atoms with Gasteiger partial charge in [-0.15, -0.1) is 0 Å². The van der Waals surface area contributed by atoms with Crippen LogP contribution in [0.1, 0.15) is 42.3 Å². The summed E-state index contributed by atoms with van der Waals surface area (Å²) in [5.41, 5.74) is 2.95. The van der Waals surface area contributed by atoms with Crippen LogP contribution in [-0.4, -0.2) is 18.4 Å². The lowest BCUT2D eigenvalue weighted by Gasteiger charge is -2.12. The molecule has 0 radical (unpaired) electrons. The fraction of sp³-hybridized carbons (Fsp3) is 0.500. The number of esters is 1. The average Bonchev–Trinajstić information content (AvgIpc) is 2.81. The zero-order valence-electron chi connectivity index (χ0n) is 11.7. The maximum absolute atomic E-state index is 11.9. The van der Waals surface area contributed by atoms with Crippen LogP contribution in [0.4, 0.5) is 0 Å². The first-order valence-corrected chi connectivity index (χ1v) is 6.86. The van der Waals surface area contributed by atoms with Crippen molar-refractivity contribution in [3.63, 3.8) is 0 Å². The predicted molar refractivity (Wildman–Crippen MR) is 73.1 cm³/mol. The molecule has 0 saturated carbocycles. The molecule has 0 bridgehead atoms. The molecule has 0 heterocycles. The third-order valence-corrected chi connectivity index (χ3v) is 3.84. The molecule has 0 N–H and O–H groups in total. The van der Waals surface area contributed by atoms with Gasteiger partial charge >= 0.3 is 5.97 Å². The lowest BCUT2D eigenvalue weighted by Crippen LogP contribution is -2.17. The SMILES string of the molecule is CCOC(=O)C(=O)c1ccc2c(c1)C[C@@H](C(C)C)C2. The summed E-state index contributed by atoms with van der Waals surface area (Å²) in [4.78, 5) is 23.3. The van der Waals surface area contributed by atoms with Crippen LogP contribution in [0.5, 0.6) is 0 Å². The summed E-state index contributed by atoms with van der Waals surface area (Å²) in [5, 5.41) is 0. The van der Waals surface area contributed by atoms with Crippen molar-refractivity contribution in [3.05, 3.63) is 34.9 Å². The van der Waals surface area contributed by atoms with Crippen LogP contribution in [0.15, 0.2) is 18.2 Å². The normalized spacial score (nSPS) is 17.4. The van der Waals surface area contributed by atoms with Crippen molar-refractivity contribution >= 4 is 11.8 Å². The zero-order chi connectivity index (χ0) is 14.0. The molecule has 1 atom stereocenters. The fourth-order valence-corrected chi connectivity index (χ4v) is 2.58. The van der Waals surface area contributed by atoms with Gasteiger partial charge < -0.3 is 4.74 Å². The number of benzene rings is 1. The van der Waals surface area contributed by atoms with E-state index in [2.05, 4.69) is 13.8 Å². The molecular formula is C16H20O3. The second-order valence-electron chi connectivity index (χ2n) is 5.45. The number of hydrogen-bond donors (Lipinski definition) is 0. The van der Waals surface area contributed by atoms with Gasteiger partial charge in [0, 0.05) is 5.56 Å². The van der Waals surface area contributed by atoms with Crippen LogP contribution in [0.3, 0.4) is 0 Å². The lowest BCUT2D eigenvalue weighted by atomic mass is 9.93. The molecule has 3 nitrogen and oxygen atoms in total. The van der Waals surface area contributed by atoms with Crippen LogP contribution in [0, 0.1) is 11.8 Å². The van der Waals surface area contributed by atoms with Crippen molar-refractivity contribution in [3.8, 4) is 0 Å². The van der Waals surface area contributed by atoms with Crippen LogP contribution in [0.2, 0.25) is 0 Å². The number of hydrogen-bond acceptors (Lipinski definition) is 3. The molecule has 0 spiro atoms. The quantitative estimate of drug-likeness (QED) is 0.475. The second-order valence-corrected chi connectivity index (χ2v) is 5.45. The number of ketones is 1. The Hall–Kier alpha value is -1.64. The van der Waals surface area contributed by atoms with Crippen molar-refractivity contribution in [2.45, 2.75) is 33.6 Å². The summed E-state index contributed by atoms with van der Waals surface area (Å²) in [6.45, 7) is 6.37. The maximum Gasteiger partial charge on any atom is 0.379 e. The molecule has 102 valence electrons. The molecule has 1 aromatic rings. The summed E-state index contributed by atoms with van der Waals surface area (Å²) in [6.07, 6.45) is 2.07. The van der Waals surface area contributed by atoms with Crippen molar-refractivity contribution in [2.75, 3.05) is 6.61 Å². The number of Topliss-reactive ketones (excluding diaryl/α,β-unsaturated/α-hetero) is 1. The molecule has 0 aromatic heterocycles. The van der Waals surface area contributed by atoms with Gasteiger partial charge in [0.2, 0.25) is 0 Å². The molecule has 1 aromatic carbocycles. The van der Waals surface area contributed by atoms with Crippen molar-refractivity contribution in [2.24, 2.45) is 11.8 Å². The highest BCUT2D eigenvalue weighted by Gasteiger charge is 2.26. The van der Waals surface area contributed by atoms with Gasteiger partial charge in [0.15, 0.2) is 0 Å². The van der Waals surface area contributed by atoms with E-state index in [0.29, 0.717) is 17.4 Å². The monoisotopic (exact) mass is 260 g/mol. The van der Waals surface area contributed by atoms with Crippen LogP contribution >= 0.6 is 0 Å². The topological polar surface area (TPSA) is 43.4 Å². The molecule has 1 aliphatic carbocycles. The zero-order valence-corrected chi connectivity index (χ0v) is 11.7. The van der Waals surface area contributed by atoms with E-state index in [4.69, 9.17) is 4.74 Å². The average molecular weight is 260 g/mol. The van der Waals surface area contributed by atoms with E-state index in [-0.39, 0.29) is 6.61 Å². The van der Waals surface area contributed by atoms with Gasteiger partial charge in [0.1, 0.15) is 0 Å². The summed E-state index contributed by atoms with van der Waals surface area (Å²) >= 11 is 0. The number of rotatable bonds is 4. The molecule has 3 heteroatoms. The smallest absolute Gasteiger partial charge is 0.379 e. The minimum Gasteiger partial charge on any atom is -0.460 e. The van der Waals surface area contributed by atoms with Gasteiger partial charge in [-0.3, -0.25) is 4.79 Å². The highest BCUT2D eigenvalue weighted by Crippen LogP contribution is 2.32. The Kier molecular flexibility index (Phi) is 4.03. The van der Waals surface area contributed by atoms with E-state index in [1.165, 1.54) is 11.1 Å². The Morgan fingerprint density at radius 3 is 2.58 bits per heavy atom. The lowest BCUT2D eigenvalue weighted by molar-refractivity contribution is -0.137. The minimum atomic E-state index is -0.763. The standard InChI is InChI=1S/C16H20O3/c1-4-19-16(18)15(17)12-6-5-11-7-13(10(2)3)9-14(11)8-12/h5-6,8,10,13H,4,7,9H2,1-3H3/t13-/m0/s1. The first-order valence-electron chi connectivity index (χ1n) is 6.86. The van der Waals surface area contributed by atoms with Crippen LogP contribution in [0.25, 0.3) is 0 Å². The summed E-state index contributed by atoms with van der Waals surface area (Å²) in [5.74, 6) is -0.0296. The summed E-state index contributed by atoms with van der Waals surface area (Å²) < 4.78 is 4.75.